The van der Waals surface area contributed by atoms with Gasteiger partial charge in [0.15, 0.2) is 0 Å². The molecule has 3 rings (SSSR count). The largest absolute Gasteiger partial charge is 0.336 e. The lowest BCUT2D eigenvalue weighted by Crippen LogP contribution is -2.34. The minimum Gasteiger partial charge on any atom is -0.336 e. The van der Waals surface area contributed by atoms with Gasteiger partial charge in [-0.15, -0.1) is 0 Å². The standard InChI is InChI=1S/C18H15F3N4O/c1-25-8-7-22-17(25)16(11-3-2-4-12(19)9-11)24-18(26)23-15-6-5-13(20)10-14(15)21/h2-10,16H,1H3,(H2,23,24,26)/t16-/m0/s1. The molecule has 0 aliphatic rings. The summed E-state index contributed by atoms with van der Waals surface area (Å²) in [5.74, 6) is -1.66. The van der Waals surface area contributed by atoms with E-state index in [1.165, 1.54) is 18.2 Å². The van der Waals surface area contributed by atoms with Gasteiger partial charge in [-0.1, -0.05) is 12.1 Å². The number of imidazole rings is 1. The molecule has 1 atom stereocenters. The van der Waals surface area contributed by atoms with Crippen LogP contribution in [0, 0.1) is 17.5 Å². The van der Waals surface area contributed by atoms with E-state index in [1.807, 2.05) is 0 Å². The molecule has 2 aromatic carbocycles. The number of aryl methyl sites for hydroxylation is 1. The first-order chi connectivity index (χ1) is 12.4. The highest BCUT2D eigenvalue weighted by atomic mass is 19.1. The first kappa shape index (κ1) is 17.5. The quantitative estimate of drug-likeness (QED) is 0.745. The average Bonchev–Trinajstić information content (AvgIpc) is 3.01. The number of carbonyl (C=O) groups excluding carboxylic acids is 1. The van der Waals surface area contributed by atoms with Gasteiger partial charge >= 0.3 is 6.03 Å². The number of rotatable bonds is 4. The predicted octanol–water partition coefficient (Wildman–Crippen LogP) is 3.75. The van der Waals surface area contributed by atoms with E-state index >= 15 is 0 Å². The summed E-state index contributed by atoms with van der Waals surface area (Å²) in [5, 5.41) is 4.94. The molecule has 0 aliphatic carbocycles. The van der Waals surface area contributed by atoms with Crippen molar-refractivity contribution in [2.75, 3.05) is 5.32 Å². The van der Waals surface area contributed by atoms with Crippen LogP contribution in [-0.2, 0) is 7.05 Å². The van der Waals surface area contributed by atoms with Crippen LogP contribution in [0.4, 0.5) is 23.7 Å². The maximum Gasteiger partial charge on any atom is 0.320 e. The molecule has 0 aliphatic heterocycles. The Balaban J connectivity index is 1.86. The Kier molecular flexibility index (Phi) is 4.92. The van der Waals surface area contributed by atoms with Gasteiger partial charge in [-0.2, -0.15) is 0 Å². The molecule has 5 nitrogen and oxygen atoms in total. The van der Waals surface area contributed by atoms with E-state index in [4.69, 9.17) is 0 Å². The smallest absolute Gasteiger partial charge is 0.320 e. The molecule has 0 saturated heterocycles. The van der Waals surface area contributed by atoms with Crippen LogP contribution in [0.15, 0.2) is 54.9 Å². The van der Waals surface area contributed by atoms with Crippen LogP contribution in [0.5, 0.6) is 0 Å². The molecule has 0 unspecified atom stereocenters. The normalized spacial score (nSPS) is 11.8. The zero-order valence-corrected chi connectivity index (χ0v) is 13.7. The SMILES string of the molecule is Cn1ccnc1[C@@H](NC(=O)Nc1ccc(F)cc1F)c1cccc(F)c1. The van der Waals surface area contributed by atoms with Crippen LogP contribution in [0.2, 0.25) is 0 Å². The molecule has 1 heterocycles. The first-order valence-corrected chi connectivity index (χ1v) is 7.69. The van der Waals surface area contributed by atoms with Gasteiger partial charge in [-0.25, -0.2) is 22.9 Å². The number of hydrogen-bond donors (Lipinski definition) is 2. The Bertz CT molecular complexity index is 942. The van der Waals surface area contributed by atoms with E-state index in [2.05, 4.69) is 15.6 Å². The Morgan fingerprint density at radius 2 is 1.88 bits per heavy atom. The van der Waals surface area contributed by atoms with Crippen molar-refractivity contribution in [3.63, 3.8) is 0 Å². The Morgan fingerprint density at radius 3 is 2.54 bits per heavy atom. The topological polar surface area (TPSA) is 59.0 Å². The second kappa shape index (κ2) is 7.30. The van der Waals surface area contributed by atoms with Crippen LogP contribution in [0.25, 0.3) is 0 Å². The van der Waals surface area contributed by atoms with Crippen molar-refractivity contribution in [2.24, 2.45) is 7.05 Å². The van der Waals surface area contributed by atoms with Gasteiger partial charge in [-0.05, 0) is 29.8 Å². The molecule has 0 saturated carbocycles. The zero-order valence-electron chi connectivity index (χ0n) is 13.7. The number of anilines is 1. The van der Waals surface area contributed by atoms with E-state index in [0.29, 0.717) is 17.5 Å². The molecule has 2 N–H and O–H groups in total. The van der Waals surface area contributed by atoms with Gasteiger partial charge in [0.05, 0.1) is 5.69 Å². The number of amides is 2. The molecule has 26 heavy (non-hydrogen) atoms. The molecule has 3 aromatic rings. The first-order valence-electron chi connectivity index (χ1n) is 7.69. The van der Waals surface area contributed by atoms with Gasteiger partial charge in [0.2, 0.25) is 0 Å². The predicted molar refractivity (Wildman–Crippen MR) is 90.0 cm³/mol. The molecule has 0 fully saturated rings. The molecular weight excluding hydrogens is 345 g/mol. The van der Waals surface area contributed by atoms with Crippen molar-refractivity contribution in [2.45, 2.75) is 6.04 Å². The third kappa shape index (κ3) is 3.85. The summed E-state index contributed by atoms with van der Waals surface area (Å²) in [6, 6.07) is 7.01. The molecule has 0 spiro atoms. The highest BCUT2D eigenvalue weighted by molar-refractivity contribution is 5.89. The minimum absolute atomic E-state index is 0.179. The number of hydrogen-bond acceptors (Lipinski definition) is 2. The lowest BCUT2D eigenvalue weighted by Gasteiger charge is -2.19. The van der Waals surface area contributed by atoms with Gasteiger partial charge in [0.1, 0.15) is 29.3 Å². The van der Waals surface area contributed by atoms with Crippen LogP contribution < -0.4 is 10.6 Å². The summed E-state index contributed by atoms with van der Waals surface area (Å²) < 4.78 is 42.0. The molecule has 0 radical (unpaired) electrons. The molecule has 134 valence electrons. The summed E-state index contributed by atoms with van der Waals surface area (Å²) in [5.41, 5.74) is 0.288. The van der Waals surface area contributed by atoms with Gasteiger partial charge in [0, 0.05) is 25.5 Å². The number of aromatic nitrogens is 2. The van der Waals surface area contributed by atoms with E-state index in [0.717, 1.165) is 12.1 Å². The van der Waals surface area contributed by atoms with Crippen LogP contribution in [-0.4, -0.2) is 15.6 Å². The maximum atomic E-state index is 13.7. The maximum absolute atomic E-state index is 13.7. The summed E-state index contributed by atoms with van der Waals surface area (Å²) in [4.78, 5) is 16.5. The van der Waals surface area contributed by atoms with E-state index in [-0.39, 0.29) is 5.69 Å². The average molecular weight is 360 g/mol. The van der Waals surface area contributed by atoms with E-state index in [1.54, 1.807) is 30.1 Å². The second-order valence-corrected chi connectivity index (χ2v) is 5.61. The number of nitrogens with zero attached hydrogens (tertiary/aromatic N) is 2. The third-order valence-electron chi connectivity index (χ3n) is 3.75. The molecular formula is C18H15F3N4O. The number of halogens is 3. The highest BCUT2D eigenvalue weighted by Crippen LogP contribution is 2.22. The Hall–Kier alpha value is -3.29. The fraction of sp³-hybridized carbons (Fsp3) is 0.111. The monoisotopic (exact) mass is 360 g/mol. The van der Waals surface area contributed by atoms with Crippen molar-refractivity contribution in [1.29, 1.82) is 0 Å². The molecule has 1 aromatic heterocycles. The van der Waals surface area contributed by atoms with Crippen molar-refractivity contribution < 1.29 is 18.0 Å². The highest BCUT2D eigenvalue weighted by Gasteiger charge is 2.21. The zero-order chi connectivity index (χ0) is 18.7. The Morgan fingerprint density at radius 1 is 1.12 bits per heavy atom. The van der Waals surface area contributed by atoms with Crippen LogP contribution in [0.1, 0.15) is 17.4 Å². The van der Waals surface area contributed by atoms with Crippen molar-refractivity contribution in [1.82, 2.24) is 14.9 Å². The van der Waals surface area contributed by atoms with E-state index in [9.17, 15) is 18.0 Å². The summed E-state index contributed by atoms with van der Waals surface area (Å²) in [6.45, 7) is 0. The van der Waals surface area contributed by atoms with Gasteiger partial charge in [0.25, 0.3) is 0 Å². The molecule has 0 bridgehead atoms. The lowest BCUT2D eigenvalue weighted by molar-refractivity contribution is 0.249. The van der Waals surface area contributed by atoms with Crippen molar-refractivity contribution >= 4 is 11.7 Å². The summed E-state index contributed by atoms with van der Waals surface area (Å²) >= 11 is 0. The Labute approximate surface area is 147 Å². The number of nitrogens with one attached hydrogen (secondary N) is 2. The summed E-state index contributed by atoms with van der Waals surface area (Å²) in [6.07, 6.45) is 3.22. The van der Waals surface area contributed by atoms with Gasteiger partial charge < -0.3 is 15.2 Å². The van der Waals surface area contributed by atoms with E-state index < -0.39 is 29.5 Å². The van der Waals surface area contributed by atoms with Crippen LogP contribution >= 0.6 is 0 Å². The van der Waals surface area contributed by atoms with Crippen LogP contribution in [0.3, 0.4) is 0 Å². The second-order valence-electron chi connectivity index (χ2n) is 5.61. The third-order valence-corrected chi connectivity index (χ3v) is 3.75. The fourth-order valence-electron chi connectivity index (χ4n) is 2.52. The molecule has 8 heteroatoms. The number of benzene rings is 2. The van der Waals surface area contributed by atoms with Crippen molar-refractivity contribution in [3.05, 3.63) is 83.7 Å². The molecule has 2 amide bonds. The minimum atomic E-state index is -0.903. The number of carbonyl (C=O) groups is 1. The number of urea groups is 1. The van der Waals surface area contributed by atoms with Crippen molar-refractivity contribution in [3.8, 4) is 0 Å². The van der Waals surface area contributed by atoms with Gasteiger partial charge in [-0.3, -0.25) is 0 Å². The lowest BCUT2D eigenvalue weighted by atomic mass is 10.1. The summed E-state index contributed by atoms with van der Waals surface area (Å²) in [7, 11) is 1.73. The fourth-order valence-corrected chi connectivity index (χ4v) is 2.52.